The number of piperazine rings is 1. The van der Waals surface area contributed by atoms with Crippen molar-refractivity contribution < 1.29 is 14.3 Å². The Balaban J connectivity index is 2.29. The van der Waals surface area contributed by atoms with Crippen LogP contribution in [-0.2, 0) is 9.53 Å². The Bertz CT molecular complexity index is 281. The van der Waals surface area contributed by atoms with Crippen molar-refractivity contribution in [3.63, 3.8) is 0 Å². The summed E-state index contributed by atoms with van der Waals surface area (Å²) in [6, 6.07) is -0.183. The fourth-order valence-corrected chi connectivity index (χ4v) is 2.01. The quantitative estimate of drug-likeness (QED) is 0.506. The molecule has 6 heteroatoms. The van der Waals surface area contributed by atoms with Gasteiger partial charge in [-0.25, -0.2) is 9.59 Å². The van der Waals surface area contributed by atoms with Gasteiger partial charge < -0.3 is 20.3 Å². The van der Waals surface area contributed by atoms with E-state index >= 15 is 0 Å². The first-order valence-corrected chi connectivity index (χ1v) is 4.55. The fraction of sp³-hybridized carbons (Fsp3) is 0.750. The predicted molar refractivity (Wildman–Crippen MR) is 47.7 cm³/mol. The molecule has 0 aromatic carbocycles. The first-order valence-electron chi connectivity index (χ1n) is 4.55. The van der Waals surface area contributed by atoms with E-state index in [1.165, 1.54) is 7.11 Å². The predicted octanol–water partition coefficient (Wildman–Crippen LogP) is -1.47. The third-order valence-corrected chi connectivity index (χ3v) is 2.79. The molecule has 0 aliphatic carbocycles. The highest BCUT2D eigenvalue weighted by Gasteiger charge is 2.53. The number of fused-ring (bicyclic) bond motifs is 1. The van der Waals surface area contributed by atoms with E-state index in [2.05, 4.69) is 10.6 Å². The summed E-state index contributed by atoms with van der Waals surface area (Å²) in [6.07, 6.45) is 0. The summed E-state index contributed by atoms with van der Waals surface area (Å²) in [7, 11) is 1.34. The van der Waals surface area contributed by atoms with E-state index in [1.54, 1.807) is 4.90 Å². The van der Waals surface area contributed by atoms with Gasteiger partial charge >= 0.3 is 12.0 Å². The van der Waals surface area contributed by atoms with Gasteiger partial charge in [0.15, 0.2) is 5.54 Å². The number of hydrogen-bond acceptors (Lipinski definition) is 4. The Kier molecular flexibility index (Phi) is 2.07. The summed E-state index contributed by atoms with van der Waals surface area (Å²) in [5.41, 5.74) is -0.829. The number of carbonyl (C=O) groups excluding carboxylic acids is 2. The number of ether oxygens (including phenoxy) is 1. The largest absolute Gasteiger partial charge is 0.467 e. The molecule has 2 N–H and O–H groups in total. The zero-order chi connectivity index (χ0) is 10.2. The Morgan fingerprint density at radius 1 is 1.57 bits per heavy atom. The molecular formula is C8H13N3O3. The van der Waals surface area contributed by atoms with Crippen LogP contribution < -0.4 is 10.6 Å². The number of amides is 2. The van der Waals surface area contributed by atoms with Crippen molar-refractivity contribution in [1.29, 1.82) is 0 Å². The van der Waals surface area contributed by atoms with Crippen molar-refractivity contribution in [3.05, 3.63) is 0 Å². The van der Waals surface area contributed by atoms with E-state index in [1.807, 2.05) is 0 Å². The summed E-state index contributed by atoms with van der Waals surface area (Å²) in [4.78, 5) is 24.6. The Hall–Kier alpha value is -1.30. The molecule has 2 saturated heterocycles. The molecule has 0 bridgehead atoms. The molecule has 0 radical (unpaired) electrons. The summed E-state index contributed by atoms with van der Waals surface area (Å²) in [5, 5.41) is 5.76. The number of methoxy groups -OCH3 is 1. The first kappa shape index (κ1) is 9.26. The molecule has 6 nitrogen and oxygen atoms in total. The van der Waals surface area contributed by atoms with Crippen molar-refractivity contribution in [2.24, 2.45) is 0 Å². The molecule has 2 fully saturated rings. The smallest absolute Gasteiger partial charge is 0.335 e. The summed E-state index contributed by atoms with van der Waals surface area (Å²) in [5.74, 6) is -0.358. The maximum absolute atomic E-state index is 11.6. The zero-order valence-corrected chi connectivity index (χ0v) is 8.00. The number of rotatable bonds is 1. The molecule has 1 atom stereocenters. The highest BCUT2D eigenvalue weighted by Crippen LogP contribution is 2.23. The SMILES string of the molecule is COC(=O)C12CNCCN1C(=O)NC2. The molecule has 2 aliphatic heterocycles. The van der Waals surface area contributed by atoms with Crippen molar-refractivity contribution in [2.75, 3.05) is 33.3 Å². The van der Waals surface area contributed by atoms with Gasteiger partial charge in [0.1, 0.15) is 0 Å². The van der Waals surface area contributed by atoms with Crippen molar-refractivity contribution in [3.8, 4) is 0 Å². The van der Waals surface area contributed by atoms with E-state index in [-0.39, 0.29) is 12.0 Å². The van der Waals surface area contributed by atoms with Gasteiger partial charge in [-0.05, 0) is 0 Å². The Labute approximate surface area is 81.6 Å². The number of hydrogen-bond donors (Lipinski definition) is 2. The van der Waals surface area contributed by atoms with Gasteiger partial charge in [0.25, 0.3) is 0 Å². The topological polar surface area (TPSA) is 70.7 Å². The van der Waals surface area contributed by atoms with Gasteiger partial charge in [-0.15, -0.1) is 0 Å². The minimum absolute atomic E-state index is 0.183. The molecule has 14 heavy (non-hydrogen) atoms. The van der Waals surface area contributed by atoms with Gasteiger partial charge in [-0.1, -0.05) is 0 Å². The molecule has 2 heterocycles. The molecule has 0 aromatic rings. The lowest BCUT2D eigenvalue weighted by Gasteiger charge is -2.38. The van der Waals surface area contributed by atoms with Crippen LogP contribution in [0.4, 0.5) is 4.79 Å². The average Bonchev–Trinajstić information content (AvgIpc) is 2.57. The van der Waals surface area contributed by atoms with Gasteiger partial charge in [0.2, 0.25) is 0 Å². The lowest BCUT2D eigenvalue weighted by molar-refractivity contribution is -0.152. The summed E-state index contributed by atoms with van der Waals surface area (Å²) < 4.78 is 4.73. The lowest BCUT2D eigenvalue weighted by Crippen LogP contribution is -2.64. The highest BCUT2D eigenvalue weighted by molar-refractivity contribution is 5.91. The van der Waals surface area contributed by atoms with E-state index in [4.69, 9.17) is 4.74 Å². The molecule has 2 amide bonds. The second kappa shape index (κ2) is 3.13. The number of urea groups is 1. The standard InChI is InChI=1S/C8H13N3O3/c1-14-6(12)8-4-9-2-3-11(8)7(13)10-5-8/h9H,2-5H2,1H3,(H,10,13). The molecule has 2 aliphatic rings. The van der Waals surface area contributed by atoms with Crippen LogP contribution in [0.3, 0.4) is 0 Å². The summed E-state index contributed by atoms with van der Waals surface area (Å²) >= 11 is 0. The van der Waals surface area contributed by atoms with Crippen LogP contribution >= 0.6 is 0 Å². The van der Waals surface area contributed by atoms with E-state index in [0.717, 1.165) is 0 Å². The minimum Gasteiger partial charge on any atom is -0.467 e. The van der Waals surface area contributed by atoms with E-state index < -0.39 is 5.54 Å². The van der Waals surface area contributed by atoms with Crippen LogP contribution in [0.15, 0.2) is 0 Å². The van der Waals surface area contributed by atoms with Gasteiger partial charge in [-0.3, -0.25) is 0 Å². The van der Waals surface area contributed by atoms with Gasteiger partial charge in [0.05, 0.1) is 13.7 Å². The Morgan fingerprint density at radius 3 is 3.07 bits per heavy atom. The molecule has 78 valence electrons. The second-order valence-electron chi connectivity index (χ2n) is 3.51. The molecule has 0 spiro atoms. The monoisotopic (exact) mass is 199 g/mol. The van der Waals surface area contributed by atoms with Crippen LogP contribution in [0.25, 0.3) is 0 Å². The number of nitrogens with zero attached hydrogens (tertiary/aromatic N) is 1. The zero-order valence-electron chi connectivity index (χ0n) is 8.00. The molecule has 0 aromatic heterocycles. The third kappa shape index (κ3) is 1.07. The van der Waals surface area contributed by atoms with Gasteiger partial charge in [0, 0.05) is 19.6 Å². The normalized spacial score (nSPS) is 30.9. The number of carbonyl (C=O) groups is 2. The molecule has 1 unspecified atom stereocenters. The molecular weight excluding hydrogens is 186 g/mol. The Morgan fingerprint density at radius 2 is 2.36 bits per heavy atom. The van der Waals surface area contributed by atoms with Crippen LogP contribution in [0.5, 0.6) is 0 Å². The van der Waals surface area contributed by atoms with Crippen molar-refractivity contribution >= 4 is 12.0 Å². The maximum Gasteiger partial charge on any atom is 0.335 e. The van der Waals surface area contributed by atoms with Crippen LogP contribution in [0.2, 0.25) is 0 Å². The number of esters is 1. The van der Waals surface area contributed by atoms with Crippen LogP contribution in [0.1, 0.15) is 0 Å². The third-order valence-electron chi connectivity index (χ3n) is 2.79. The lowest BCUT2D eigenvalue weighted by atomic mass is 9.97. The second-order valence-corrected chi connectivity index (χ2v) is 3.51. The highest BCUT2D eigenvalue weighted by atomic mass is 16.5. The molecule has 2 rings (SSSR count). The number of nitrogens with one attached hydrogen (secondary N) is 2. The van der Waals surface area contributed by atoms with Gasteiger partial charge in [-0.2, -0.15) is 0 Å². The average molecular weight is 199 g/mol. The first-order chi connectivity index (χ1) is 6.70. The fourth-order valence-electron chi connectivity index (χ4n) is 2.01. The van der Waals surface area contributed by atoms with Crippen LogP contribution in [-0.4, -0.2) is 55.7 Å². The van der Waals surface area contributed by atoms with E-state index in [0.29, 0.717) is 26.2 Å². The maximum atomic E-state index is 11.6. The van der Waals surface area contributed by atoms with Crippen molar-refractivity contribution in [1.82, 2.24) is 15.5 Å². The van der Waals surface area contributed by atoms with Crippen molar-refractivity contribution in [2.45, 2.75) is 5.54 Å². The van der Waals surface area contributed by atoms with E-state index in [9.17, 15) is 9.59 Å². The summed E-state index contributed by atoms with van der Waals surface area (Å²) in [6.45, 7) is 2.04. The molecule has 0 saturated carbocycles. The minimum atomic E-state index is -0.829. The van der Waals surface area contributed by atoms with Crippen LogP contribution in [0, 0.1) is 0 Å².